The third-order valence-corrected chi connectivity index (χ3v) is 6.31. The lowest BCUT2D eigenvalue weighted by Gasteiger charge is -2.27. The first-order valence-electron chi connectivity index (χ1n) is 6.62. The number of hydrogen-bond acceptors (Lipinski definition) is 1. The predicted molar refractivity (Wildman–Crippen MR) is 84.6 cm³/mol. The van der Waals surface area contributed by atoms with Crippen LogP contribution < -0.4 is 0 Å². The van der Waals surface area contributed by atoms with Crippen LogP contribution in [0.15, 0.2) is 30.3 Å². The molecule has 3 rings (SSSR count). The van der Waals surface area contributed by atoms with E-state index >= 15 is 0 Å². The molecule has 1 aliphatic carbocycles. The normalized spacial score (nSPS) is 20.1. The maximum atomic E-state index is 6.69. The van der Waals surface area contributed by atoms with Crippen molar-refractivity contribution in [1.82, 2.24) is 0 Å². The summed E-state index contributed by atoms with van der Waals surface area (Å²) in [5.74, 6) is 0.519. The Balaban J connectivity index is 1.81. The Morgan fingerprint density at radius 3 is 2.68 bits per heavy atom. The van der Waals surface area contributed by atoms with E-state index in [-0.39, 0.29) is 5.38 Å². The molecule has 0 saturated heterocycles. The molecule has 1 aliphatic rings. The van der Waals surface area contributed by atoms with Crippen molar-refractivity contribution in [1.29, 1.82) is 0 Å². The summed E-state index contributed by atoms with van der Waals surface area (Å²) in [4.78, 5) is 1.22. The summed E-state index contributed by atoms with van der Waals surface area (Å²) in [5.41, 5.74) is 4.09. The minimum atomic E-state index is 0.0876. The number of rotatable bonds is 2. The van der Waals surface area contributed by atoms with Crippen molar-refractivity contribution in [2.45, 2.75) is 31.6 Å². The molecule has 0 fully saturated rings. The average molecular weight is 311 g/mol. The Kier molecular flexibility index (Phi) is 3.88. The van der Waals surface area contributed by atoms with Gasteiger partial charge >= 0.3 is 0 Å². The van der Waals surface area contributed by atoms with Crippen LogP contribution >= 0.6 is 34.5 Å². The molecule has 1 aromatic heterocycles. The first-order valence-corrected chi connectivity index (χ1v) is 8.25. The lowest BCUT2D eigenvalue weighted by molar-refractivity contribution is 0.446. The lowest BCUT2D eigenvalue weighted by Crippen LogP contribution is -2.17. The van der Waals surface area contributed by atoms with Crippen LogP contribution in [0, 0.1) is 12.8 Å². The van der Waals surface area contributed by atoms with E-state index in [4.69, 9.17) is 23.2 Å². The number of fused-ring (bicyclic) bond motifs is 1. The van der Waals surface area contributed by atoms with Crippen molar-refractivity contribution in [3.8, 4) is 0 Å². The molecule has 0 nitrogen and oxygen atoms in total. The zero-order valence-electron chi connectivity index (χ0n) is 10.8. The molecule has 0 aliphatic heterocycles. The molecule has 100 valence electrons. The monoisotopic (exact) mass is 310 g/mol. The van der Waals surface area contributed by atoms with Crippen molar-refractivity contribution >= 4 is 34.5 Å². The van der Waals surface area contributed by atoms with E-state index in [9.17, 15) is 0 Å². The number of aryl methyl sites for hydroxylation is 2. The van der Waals surface area contributed by atoms with Gasteiger partial charge in [-0.3, -0.25) is 0 Å². The van der Waals surface area contributed by atoms with Gasteiger partial charge in [0.15, 0.2) is 0 Å². The zero-order valence-corrected chi connectivity index (χ0v) is 13.2. The molecule has 0 saturated carbocycles. The highest BCUT2D eigenvalue weighted by Gasteiger charge is 2.27. The van der Waals surface area contributed by atoms with Gasteiger partial charge in [0.1, 0.15) is 0 Å². The highest BCUT2D eigenvalue weighted by atomic mass is 35.5. The van der Waals surface area contributed by atoms with Gasteiger partial charge < -0.3 is 0 Å². The van der Waals surface area contributed by atoms with Gasteiger partial charge in [-0.15, -0.1) is 22.9 Å². The molecule has 0 amide bonds. The van der Waals surface area contributed by atoms with Gasteiger partial charge in [0.2, 0.25) is 0 Å². The second kappa shape index (κ2) is 5.47. The highest BCUT2D eigenvalue weighted by molar-refractivity contribution is 7.16. The van der Waals surface area contributed by atoms with E-state index in [0.29, 0.717) is 5.92 Å². The van der Waals surface area contributed by atoms with Gasteiger partial charge in [-0.2, -0.15) is 0 Å². The fourth-order valence-electron chi connectivity index (χ4n) is 2.83. The number of thiophene rings is 1. The molecule has 19 heavy (non-hydrogen) atoms. The number of hydrogen-bond donors (Lipinski definition) is 0. The molecular weight excluding hydrogens is 295 g/mol. The third-order valence-electron chi connectivity index (χ3n) is 3.95. The summed E-state index contributed by atoms with van der Waals surface area (Å²) in [6, 6.07) is 10.9. The minimum absolute atomic E-state index is 0.0876. The van der Waals surface area contributed by atoms with E-state index < -0.39 is 0 Å². The van der Waals surface area contributed by atoms with Crippen LogP contribution in [0.2, 0.25) is 4.34 Å². The van der Waals surface area contributed by atoms with Gasteiger partial charge in [-0.05, 0) is 54.9 Å². The summed E-state index contributed by atoms with van der Waals surface area (Å²) in [5, 5.41) is 0.0876. The topological polar surface area (TPSA) is 0 Å². The van der Waals surface area contributed by atoms with Gasteiger partial charge in [0, 0.05) is 4.88 Å². The van der Waals surface area contributed by atoms with Crippen molar-refractivity contribution in [3.05, 3.63) is 56.2 Å². The van der Waals surface area contributed by atoms with Gasteiger partial charge in [-0.25, -0.2) is 0 Å². The van der Waals surface area contributed by atoms with Gasteiger partial charge in [0.05, 0.1) is 9.71 Å². The second-order valence-electron chi connectivity index (χ2n) is 5.28. The average Bonchev–Trinajstić information content (AvgIpc) is 2.77. The van der Waals surface area contributed by atoms with Crippen LogP contribution in [-0.4, -0.2) is 0 Å². The third kappa shape index (κ3) is 2.69. The molecule has 0 N–H and O–H groups in total. The Morgan fingerprint density at radius 2 is 2.00 bits per heavy atom. The van der Waals surface area contributed by atoms with E-state index in [2.05, 4.69) is 30.3 Å². The fourth-order valence-corrected chi connectivity index (χ4v) is 4.53. The molecule has 2 aromatic rings. The van der Waals surface area contributed by atoms with Gasteiger partial charge in [-0.1, -0.05) is 35.9 Å². The van der Waals surface area contributed by atoms with Crippen LogP contribution in [0.3, 0.4) is 0 Å². The lowest BCUT2D eigenvalue weighted by atomic mass is 9.82. The predicted octanol–water partition coefficient (Wildman–Crippen LogP) is 5.79. The SMILES string of the molecule is Cc1cc(C(Cl)C2CCc3ccccc3C2)sc1Cl. The van der Waals surface area contributed by atoms with Crippen molar-refractivity contribution in [2.24, 2.45) is 5.92 Å². The van der Waals surface area contributed by atoms with Crippen LogP contribution in [0.5, 0.6) is 0 Å². The molecule has 2 atom stereocenters. The number of alkyl halides is 1. The van der Waals surface area contributed by atoms with Crippen LogP contribution in [-0.2, 0) is 12.8 Å². The van der Waals surface area contributed by atoms with Crippen molar-refractivity contribution in [2.75, 3.05) is 0 Å². The molecule has 1 aromatic carbocycles. The van der Waals surface area contributed by atoms with E-state index in [1.807, 2.05) is 6.92 Å². The molecule has 2 unspecified atom stereocenters. The highest BCUT2D eigenvalue weighted by Crippen LogP contribution is 2.42. The van der Waals surface area contributed by atoms with E-state index in [0.717, 1.165) is 22.7 Å². The van der Waals surface area contributed by atoms with Crippen molar-refractivity contribution < 1.29 is 0 Å². The zero-order chi connectivity index (χ0) is 13.4. The Hall–Kier alpha value is -0.500. The number of halogens is 2. The van der Waals surface area contributed by atoms with Crippen LogP contribution in [0.4, 0.5) is 0 Å². The number of benzene rings is 1. The summed E-state index contributed by atoms with van der Waals surface area (Å²) in [6.45, 7) is 2.04. The Bertz CT molecular complexity index is 569. The summed E-state index contributed by atoms with van der Waals surface area (Å²) in [7, 11) is 0. The smallest absolute Gasteiger partial charge is 0.0960 e. The largest absolute Gasteiger partial charge is 0.127 e. The summed E-state index contributed by atoms with van der Waals surface area (Å²) < 4.78 is 0.872. The van der Waals surface area contributed by atoms with Crippen LogP contribution in [0.1, 0.15) is 33.4 Å². The fraction of sp³-hybridized carbons (Fsp3) is 0.375. The first-order chi connectivity index (χ1) is 9.15. The van der Waals surface area contributed by atoms with E-state index in [1.165, 1.54) is 22.4 Å². The quantitative estimate of drug-likeness (QED) is 0.615. The molecular formula is C16H16Cl2S. The van der Waals surface area contributed by atoms with Gasteiger partial charge in [0.25, 0.3) is 0 Å². The maximum Gasteiger partial charge on any atom is 0.0960 e. The molecule has 0 radical (unpaired) electrons. The van der Waals surface area contributed by atoms with E-state index in [1.54, 1.807) is 11.3 Å². The molecule has 0 bridgehead atoms. The Morgan fingerprint density at radius 1 is 1.26 bits per heavy atom. The molecule has 3 heteroatoms. The molecule has 0 spiro atoms. The van der Waals surface area contributed by atoms with Crippen molar-refractivity contribution in [3.63, 3.8) is 0 Å². The summed E-state index contributed by atoms with van der Waals surface area (Å²) in [6.07, 6.45) is 3.39. The standard InChI is InChI=1S/C16H16Cl2S/c1-10-8-14(19-16(10)18)15(17)13-7-6-11-4-2-3-5-12(11)9-13/h2-5,8,13,15H,6-7,9H2,1H3. The second-order valence-corrected chi connectivity index (χ2v) is 7.43. The Labute approximate surface area is 128 Å². The first kappa shape index (κ1) is 13.5. The summed E-state index contributed by atoms with van der Waals surface area (Å²) >= 11 is 14.5. The van der Waals surface area contributed by atoms with Crippen LogP contribution in [0.25, 0.3) is 0 Å². The minimum Gasteiger partial charge on any atom is -0.127 e. The molecule has 1 heterocycles. The maximum absolute atomic E-state index is 6.69.